The van der Waals surface area contributed by atoms with Crippen molar-refractivity contribution in [1.82, 2.24) is 4.90 Å². The molecule has 1 aliphatic heterocycles. The summed E-state index contributed by atoms with van der Waals surface area (Å²) in [6.45, 7) is 7.84. The number of benzene rings is 1. The number of amides is 1. The monoisotopic (exact) mass is 294 g/mol. The molecule has 1 amide bonds. The van der Waals surface area contributed by atoms with Crippen LogP contribution in [0.25, 0.3) is 0 Å². The standard InChI is InChI=1S/C16H23FN2O2/c1-16(2,3)21-15(20)19-9-7-18(8-10-19)14-6-4-5-13(11-14)12-17/h4-6,11H,7-10,12H2,1-3H3. The van der Waals surface area contributed by atoms with Crippen molar-refractivity contribution in [2.45, 2.75) is 33.0 Å². The third-order valence-corrected chi connectivity index (χ3v) is 3.36. The molecule has 0 unspecified atom stereocenters. The lowest BCUT2D eigenvalue weighted by molar-refractivity contribution is 0.0240. The zero-order valence-corrected chi connectivity index (χ0v) is 12.9. The molecule has 116 valence electrons. The Kier molecular flexibility index (Phi) is 4.70. The Labute approximate surface area is 125 Å². The molecule has 21 heavy (non-hydrogen) atoms. The van der Waals surface area contributed by atoms with Gasteiger partial charge in [-0.15, -0.1) is 0 Å². The van der Waals surface area contributed by atoms with E-state index in [0.29, 0.717) is 18.7 Å². The number of carbonyl (C=O) groups is 1. The van der Waals surface area contributed by atoms with E-state index >= 15 is 0 Å². The van der Waals surface area contributed by atoms with Gasteiger partial charge in [-0.2, -0.15) is 0 Å². The van der Waals surface area contributed by atoms with Crippen molar-refractivity contribution >= 4 is 11.8 Å². The highest BCUT2D eigenvalue weighted by Crippen LogP contribution is 2.19. The summed E-state index contributed by atoms with van der Waals surface area (Å²) in [5, 5.41) is 0. The zero-order valence-electron chi connectivity index (χ0n) is 12.9. The highest BCUT2D eigenvalue weighted by molar-refractivity contribution is 5.68. The molecule has 5 heteroatoms. The maximum atomic E-state index is 12.7. The molecule has 1 aliphatic rings. The fourth-order valence-electron chi connectivity index (χ4n) is 2.31. The summed E-state index contributed by atoms with van der Waals surface area (Å²) in [6, 6.07) is 7.48. The van der Waals surface area contributed by atoms with Gasteiger partial charge in [0.05, 0.1) is 0 Å². The van der Waals surface area contributed by atoms with E-state index in [0.717, 1.165) is 18.8 Å². The topological polar surface area (TPSA) is 32.8 Å². The van der Waals surface area contributed by atoms with Gasteiger partial charge in [0.25, 0.3) is 0 Å². The molecule has 0 spiro atoms. The van der Waals surface area contributed by atoms with Gasteiger partial charge in [-0.05, 0) is 38.5 Å². The van der Waals surface area contributed by atoms with E-state index in [-0.39, 0.29) is 6.09 Å². The first-order valence-corrected chi connectivity index (χ1v) is 7.27. The maximum absolute atomic E-state index is 12.7. The van der Waals surface area contributed by atoms with Crippen molar-refractivity contribution in [2.75, 3.05) is 31.1 Å². The number of hydrogen-bond donors (Lipinski definition) is 0. The van der Waals surface area contributed by atoms with Gasteiger partial charge in [0, 0.05) is 31.9 Å². The van der Waals surface area contributed by atoms with Crippen LogP contribution in [0.4, 0.5) is 14.9 Å². The van der Waals surface area contributed by atoms with Crippen LogP contribution in [-0.2, 0) is 11.4 Å². The highest BCUT2D eigenvalue weighted by Gasteiger charge is 2.25. The van der Waals surface area contributed by atoms with Gasteiger partial charge in [-0.25, -0.2) is 9.18 Å². The molecule has 1 aromatic carbocycles. The Hall–Kier alpha value is -1.78. The molecular weight excluding hydrogens is 271 g/mol. The summed E-state index contributed by atoms with van der Waals surface area (Å²) in [5.74, 6) is 0. The summed E-state index contributed by atoms with van der Waals surface area (Å²) in [7, 11) is 0. The van der Waals surface area contributed by atoms with Gasteiger partial charge < -0.3 is 14.5 Å². The van der Waals surface area contributed by atoms with Crippen LogP contribution in [0.2, 0.25) is 0 Å². The summed E-state index contributed by atoms with van der Waals surface area (Å²) in [6.07, 6.45) is -0.264. The van der Waals surface area contributed by atoms with E-state index in [9.17, 15) is 9.18 Å². The molecule has 0 radical (unpaired) electrons. The zero-order chi connectivity index (χ0) is 15.5. The van der Waals surface area contributed by atoms with Crippen molar-refractivity contribution in [2.24, 2.45) is 0 Å². The minimum atomic E-state index is -0.469. The number of hydrogen-bond acceptors (Lipinski definition) is 3. The fraction of sp³-hybridized carbons (Fsp3) is 0.562. The summed E-state index contributed by atoms with van der Waals surface area (Å²) in [4.78, 5) is 15.9. The second-order valence-corrected chi connectivity index (χ2v) is 6.26. The first kappa shape index (κ1) is 15.6. The number of halogens is 1. The number of piperazine rings is 1. The summed E-state index contributed by atoms with van der Waals surface area (Å²) >= 11 is 0. The summed E-state index contributed by atoms with van der Waals surface area (Å²) < 4.78 is 18.1. The van der Waals surface area contributed by atoms with Crippen LogP contribution in [-0.4, -0.2) is 42.8 Å². The van der Waals surface area contributed by atoms with Crippen molar-refractivity contribution in [3.8, 4) is 0 Å². The van der Waals surface area contributed by atoms with E-state index in [1.807, 2.05) is 39.0 Å². The molecule has 1 saturated heterocycles. The van der Waals surface area contributed by atoms with Crippen LogP contribution in [0.15, 0.2) is 24.3 Å². The number of anilines is 1. The maximum Gasteiger partial charge on any atom is 0.410 e. The van der Waals surface area contributed by atoms with E-state index in [1.165, 1.54) is 0 Å². The molecule has 1 aromatic rings. The Bertz CT molecular complexity index is 491. The molecule has 0 bridgehead atoms. The first-order valence-electron chi connectivity index (χ1n) is 7.27. The van der Waals surface area contributed by atoms with Crippen LogP contribution in [0.1, 0.15) is 26.3 Å². The summed E-state index contributed by atoms with van der Waals surface area (Å²) in [5.41, 5.74) is 1.22. The van der Waals surface area contributed by atoms with E-state index in [4.69, 9.17) is 4.74 Å². The Morgan fingerprint density at radius 1 is 1.24 bits per heavy atom. The molecular formula is C16H23FN2O2. The second-order valence-electron chi connectivity index (χ2n) is 6.26. The van der Waals surface area contributed by atoms with Gasteiger partial charge in [-0.3, -0.25) is 0 Å². The number of nitrogens with zero attached hydrogens (tertiary/aromatic N) is 2. The van der Waals surface area contributed by atoms with E-state index in [1.54, 1.807) is 11.0 Å². The van der Waals surface area contributed by atoms with Crippen molar-refractivity contribution in [3.63, 3.8) is 0 Å². The largest absolute Gasteiger partial charge is 0.444 e. The molecule has 1 heterocycles. The van der Waals surface area contributed by atoms with Crippen molar-refractivity contribution < 1.29 is 13.9 Å². The predicted octanol–water partition coefficient (Wildman–Crippen LogP) is 3.21. The Morgan fingerprint density at radius 3 is 2.48 bits per heavy atom. The van der Waals surface area contributed by atoms with Gasteiger partial charge in [-0.1, -0.05) is 12.1 Å². The Morgan fingerprint density at radius 2 is 1.90 bits per heavy atom. The average molecular weight is 294 g/mol. The normalized spacial score (nSPS) is 16.0. The molecule has 0 saturated carbocycles. The van der Waals surface area contributed by atoms with Crippen molar-refractivity contribution in [1.29, 1.82) is 0 Å². The molecule has 0 N–H and O–H groups in total. The lowest BCUT2D eigenvalue weighted by Gasteiger charge is -2.36. The van der Waals surface area contributed by atoms with Crippen LogP contribution >= 0.6 is 0 Å². The lowest BCUT2D eigenvalue weighted by Crippen LogP contribution is -2.50. The Balaban J connectivity index is 1.92. The van der Waals surface area contributed by atoms with Crippen LogP contribution in [0.3, 0.4) is 0 Å². The second kappa shape index (κ2) is 6.33. The average Bonchev–Trinajstić information content (AvgIpc) is 2.46. The molecule has 2 rings (SSSR count). The third-order valence-electron chi connectivity index (χ3n) is 3.36. The van der Waals surface area contributed by atoms with Crippen LogP contribution in [0, 0.1) is 0 Å². The quantitative estimate of drug-likeness (QED) is 0.839. The van der Waals surface area contributed by atoms with E-state index in [2.05, 4.69) is 4.90 Å². The SMILES string of the molecule is CC(C)(C)OC(=O)N1CCN(c2cccc(CF)c2)CC1. The highest BCUT2D eigenvalue weighted by atomic mass is 19.1. The van der Waals surface area contributed by atoms with Gasteiger partial charge in [0.1, 0.15) is 12.3 Å². The fourth-order valence-corrected chi connectivity index (χ4v) is 2.31. The van der Waals surface area contributed by atoms with Crippen LogP contribution < -0.4 is 4.90 Å². The van der Waals surface area contributed by atoms with Gasteiger partial charge in [0.15, 0.2) is 0 Å². The van der Waals surface area contributed by atoms with Crippen LogP contribution in [0.5, 0.6) is 0 Å². The number of carbonyl (C=O) groups excluding carboxylic acids is 1. The molecule has 0 atom stereocenters. The van der Waals surface area contributed by atoms with Gasteiger partial charge >= 0.3 is 6.09 Å². The lowest BCUT2D eigenvalue weighted by atomic mass is 10.2. The molecule has 0 aliphatic carbocycles. The number of ether oxygens (including phenoxy) is 1. The third kappa shape index (κ3) is 4.34. The number of rotatable bonds is 2. The first-order chi connectivity index (χ1) is 9.89. The number of alkyl halides is 1. The van der Waals surface area contributed by atoms with E-state index < -0.39 is 12.3 Å². The predicted molar refractivity (Wildman–Crippen MR) is 81.3 cm³/mol. The molecule has 4 nitrogen and oxygen atoms in total. The van der Waals surface area contributed by atoms with Gasteiger partial charge in [0.2, 0.25) is 0 Å². The minimum absolute atomic E-state index is 0.264. The molecule has 1 fully saturated rings. The molecule has 0 aromatic heterocycles. The minimum Gasteiger partial charge on any atom is -0.444 e. The van der Waals surface area contributed by atoms with Crippen molar-refractivity contribution in [3.05, 3.63) is 29.8 Å². The smallest absolute Gasteiger partial charge is 0.410 e.